The highest BCUT2D eigenvalue weighted by molar-refractivity contribution is 5.79. The molecule has 18 heavy (non-hydrogen) atoms. The van der Waals surface area contributed by atoms with Crippen LogP contribution in [0.4, 0.5) is 0 Å². The fraction of sp³-hybridized carbons (Fsp3) is 0.929. The highest BCUT2D eigenvalue weighted by atomic mass is 16.5. The van der Waals surface area contributed by atoms with Crippen LogP contribution < -0.4 is 5.73 Å². The van der Waals surface area contributed by atoms with Gasteiger partial charge < -0.3 is 15.4 Å². The molecule has 4 heteroatoms. The highest BCUT2D eigenvalue weighted by Crippen LogP contribution is 2.34. The molecule has 0 aromatic heterocycles. The summed E-state index contributed by atoms with van der Waals surface area (Å²) < 4.78 is 5.49. The summed E-state index contributed by atoms with van der Waals surface area (Å²) in [4.78, 5) is 14.5. The molecule has 0 aromatic rings. The standard InChI is InChI=1S/C14H26N2O2/c1-9-6-10(2)13(15)7-12(9)14(17)16-4-5-18-11(3)8-16/h9-13H,4-8,15H2,1-3H3. The number of morpholine rings is 1. The topological polar surface area (TPSA) is 55.6 Å². The van der Waals surface area contributed by atoms with Crippen LogP contribution in [0, 0.1) is 17.8 Å². The number of hydrogen-bond donors (Lipinski definition) is 1. The summed E-state index contributed by atoms with van der Waals surface area (Å²) in [5.41, 5.74) is 6.13. The maximum Gasteiger partial charge on any atom is 0.226 e. The third kappa shape index (κ3) is 2.86. The van der Waals surface area contributed by atoms with Crippen LogP contribution in [-0.4, -0.2) is 42.6 Å². The second-order valence-corrected chi connectivity index (χ2v) is 6.16. The van der Waals surface area contributed by atoms with Gasteiger partial charge in [-0.1, -0.05) is 13.8 Å². The van der Waals surface area contributed by atoms with Crippen LogP contribution >= 0.6 is 0 Å². The van der Waals surface area contributed by atoms with Crippen molar-refractivity contribution in [3.63, 3.8) is 0 Å². The van der Waals surface area contributed by atoms with Gasteiger partial charge in [0.1, 0.15) is 0 Å². The number of carbonyl (C=O) groups excluding carboxylic acids is 1. The highest BCUT2D eigenvalue weighted by Gasteiger charge is 2.37. The molecule has 2 fully saturated rings. The summed E-state index contributed by atoms with van der Waals surface area (Å²) in [6.45, 7) is 8.53. The van der Waals surface area contributed by atoms with Gasteiger partial charge in [-0.25, -0.2) is 0 Å². The van der Waals surface area contributed by atoms with E-state index in [0.717, 1.165) is 25.9 Å². The van der Waals surface area contributed by atoms with Gasteiger partial charge in [-0.05, 0) is 31.6 Å². The summed E-state index contributed by atoms with van der Waals surface area (Å²) in [5.74, 6) is 1.39. The molecule has 4 nitrogen and oxygen atoms in total. The van der Waals surface area contributed by atoms with Gasteiger partial charge in [0.05, 0.1) is 12.7 Å². The second-order valence-electron chi connectivity index (χ2n) is 6.16. The average molecular weight is 254 g/mol. The summed E-state index contributed by atoms with van der Waals surface area (Å²) in [6, 6.07) is 0.175. The van der Waals surface area contributed by atoms with Crippen molar-refractivity contribution in [3.05, 3.63) is 0 Å². The van der Waals surface area contributed by atoms with E-state index in [4.69, 9.17) is 10.5 Å². The van der Waals surface area contributed by atoms with E-state index in [-0.39, 0.29) is 18.1 Å². The van der Waals surface area contributed by atoms with Crippen molar-refractivity contribution >= 4 is 5.91 Å². The number of ether oxygens (including phenoxy) is 1. The van der Waals surface area contributed by atoms with Crippen LogP contribution in [0.3, 0.4) is 0 Å². The molecular weight excluding hydrogens is 228 g/mol. The first-order chi connectivity index (χ1) is 8.49. The Kier molecular flexibility index (Phi) is 4.28. The molecule has 0 aromatic carbocycles. The fourth-order valence-corrected chi connectivity index (χ4v) is 3.28. The number of nitrogens with two attached hydrogens (primary N) is 1. The lowest BCUT2D eigenvalue weighted by atomic mass is 9.72. The van der Waals surface area contributed by atoms with Gasteiger partial charge in [0, 0.05) is 25.0 Å². The second kappa shape index (κ2) is 5.57. The van der Waals surface area contributed by atoms with Crippen molar-refractivity contribution in [1.82, 2.24) is 4.90 Å². The molecular formula is C14H26N2O2. The number of carbonyl (C=O) groups is 1. The summed E-state index contributed by atoms with van der Waals surface area (Å²) >= 11 is 0. The van der Waals surface area contributed by atoms with E-state index in [1.165, 1.54) is 0 Å². The summed E-state index contributed by atoms with van der Waals surface area (Å²) in [6.07, 6.45) is 2.07. The Morgan fingerprint density at radius 1 is 1.22 bits per heavy atom. The fourth-order valence-electron chi connectivity index (χ4n) is 3.28. The monoisotopic (exact) mass is 254 g/mol. The SMILES string of the molecule is CC1CN(C(=O)C2CC(N)C(C)CC2C)CCO1. The molecule has 2 rings (SSSR count). The van der Waals surface area contributed by atoms with E-state index in [2.05, 4.69) is 13.8 Å². The minimum atomic E-state index is 0.112. The molecule has 0 radical (unpaired) electrons. The largest absolute Gasteiger partial charge is 0.375 e. The van der Waals surface area contributed by atoms with E-state index < -0.39 is 0 Å². The smallest absolute Gasteiger partial charge is 0.226 e. The number of rotatable bonds is 1. The Bertz CT molecular complexity index is 308. The molecule has 1 saturated heterocycles. The maximum absolute atomic E-state index is 12.6. The van der Waals surface area contributed by atoms with Gasteiger partial charge in [-0.3, -0.25) is 4.79 Å². The normalized spacial score (nSPS) is 41.8. The maximum atomic E-state index is 12.6. The van der Waals surface area contributed by atoms with Crippen LogP contribution in [0.5, 0.6) is 0 Å². The minimum absolute atomic E-state index is 0.112. The molecule has 104 valence electrons. The van der Waals surface area contributed by atoms with Crippen molar-refractivity contribution < 1.29 is 9.53 Å². The lowest BCUT2D eigenvalue weighted by Gasteiger charge is -2.40. The first-order valence-corrected chi connectivity index (χ1v) is 7.15. The van der Waals surface area contributed by atoms with Crippen LogP contribution in [0.1, 0.15) is 33.6 Å². The Hall–Kier alpha value is -0.610. The van der Waals surface area contributed by atoms with Crippen LogP contribution in [-0.2, 0) is 9.53 Å². The van der Waals surface area contributed by atoms with Crippen LogP contribution in [0.25, 0.3) is 0 Å². The molecule has 1 aliphatic carbocycles. The molecule has 5 atom stereocenters. The van der Waals surface area contributed by atoms with Crippen molar-refractivity contribution in [1.29, 1.82) is 0 Å². The van der Waals surface area contributed by atoms with Crippen molar-refractivity contribution in [2.24, 2.45) is 23.5 Å². The summed E-state index contributed by atoms with van der Waals surface area (Å²) in [5, 5.41) is 0. The van der Waals surface area contributed by atoms with Crippen molar-refractivity contribution in [2.45, 2.75) is 45.8 Å². The lowest BCUT2D eigenvalue weighted by molar-refractivity contribution is -0.145. The average Bonchev–Trinajstić information content (AvgIpc) is 2.33. The molecule has 1 amide bonds. The predicted molar refractivity (Wildman–Crippen MR) is 71.0 cm³/mol. The molecule has 2 N–H and O–H groups in total. The molecule has 0 spiro atoms. The zero-order chi connectivity index (χ0) is 13.3. The van der Waals surface area contributed by atoms with Gasteiger partial charge in [0.25, 0.3) is 0 Å². The Morgan fingerprint density at radius 3 is 2.61 bits per heavy atom. The molecule has 1 saturated carbocycles. The molecule has 1 aliphatic heterocycles. The third-order valence-corrected chi connectivity index (χ3v) is 4.56. The van der Waals surface area contributed by atoms with E-state index in [0.29, 0.717) is 24.3 Å². The first-order valence-electron chi connectivity index (χ1n) is 7.15. The Labute approximate surface area is 110 Å². The Balaban J connectivity index is 1.99. The Morgan fingerprint density at radius 2 is 1.94 bits per heavy atom. The first kappa shape index (κ1) is 13.8. The van der Waals surface area contributed by atoms with Crippen LogP contribution in [0.2, 0.25) is 0 Å². The number of hydrogen-bond acceptors (Lipinski definition) is 3. The molecule has 1 heterocycles. The number of amides is 1. The molecule has 5 unspecified atom stereocenters. The van der Waals surface area contributed by atoms with E-state index in [1.54, 1.807) is 0 Å². The van der Waals surface area contributed by atoms with E-state index in [9.17, 15) is 4.79 Å². The van der Waals surface area contributed by atoms with E-state index >= 15 is 0 Å². The van der Waals surface area contributed by atoms with Crippen LogP contribution in [0.15, 0.2) is 0 Å². The molecule has 0 bridgehead atoms. The van der Waals surface area contributed by atoms with E-state index in [1.807, 2.05) is 11.8 Å². The summed E-state index contributed by atoms with van der Waals surface area (Å²) in [7, 11) is 0. The number of nitrogens with zero attached hydrogens (tertiary/aromatic N) is 1. The quantitative estimate of drug-likeness (QED) is 0.766. The van der Waals surface area contributed by atoms with Gasteiger partial charge in [-0.2, -0.15) is 0 Å². The zero-order valence-corrected chi connectivity index (χ0v) is 11.8. The predicted octanol–water partition coefficient (Wildman–Crippen LogP) is 1.24. The minimum Gasteiger partial charge on any atom is -0.375 e. The van der Waals surface area contributed by atoms with Crippen molar-refractivity contribution in [2.75, 3.05) is 19.7 Å². The molecule has 2 aliphatic rings. The van der Waals surface area contributed by atoms with Gasteiger partial charge in [0.15, 0.2) is 0 Å². The third-order valence-electron chi connectivity index (χ3n) is 4.56. The van der Waals surface area contributed by atoms with Gasteiger partial charge in [-0.15, -0.1) is 0 Å². The van der Waals surface area contributed by atoms with Gasteiger partial charge in [0.2, 0.25) is 5.91 Å². The lowest BCUT2D eigenvalue weighted by Crippen LogP contribution is -2.51. The van der Waals surface area contributed by atoms with Gasteiger partial charge >= 0.3 is 0 Å². The van der Waals surface area contributed by atoms with Crippen molar-refractivity contribution in [3.8, 4) is 0 Å². The zero-order valence-electron chi connectivity index (χ0n) is 11.8.